The van der Waals surface area contributed by atoms with Gasteiger partial charge in [0.15, 0.2) is 11.6 Å². The molecule has 0 aliphatic heterocycles. The highest BCUT2D eigenvalue weighted by atomic mass is 19.1. The van der Waals surface area contributed by atoms with E-state index in [1.54, 1.807) is 7.11 Å². The van der Waals surface area contributed by atoms with Crippen LogP contribution in [0.4, 0.5) is 14.6 Å². The minimum absolute atomic E-state index is 0.0292. The van der Waals surface area contributed by atoms with E-state index >= 15 is 0 Å². The quantitative estimate of drug-likeness (QED) is 0.837. The zero-order chi connectivity index (χ0) is 11.5. The molecule has 0 aliphatic rings. The molecule has 5 heteroatoms. The third-order valence-corrected chi connectivity index (χ3v) is 2.04. The van der Waals surface area contributed by atoms with E-state index in [9.17, 15) is 8.78 Å². The fourth-order valence-corrected chi connectivity index (χ4v) is 0.913. The molecule has 0 bridgehead atoms. The van der Waals surface area contributed by atoms with Crippen LogP contribution >= 0.6 is 0 Å². The van der Waals surface area contributed by atoms with Crippen molar-refractivity contribution in [2.24, 2.45) is 0 Å². The molecule has 0 radical (unpaired) electrons. The molecule has 84 valence electrons. The summed E-state index contributed by atoms with van der Waals surface area (Å²) in [6.07, 6.45) is 0.964. The number of nitrogens with one attached hydrogen (secondary N) is 1. The molecule has 0 aromatic carbocycles. The van der Waals surface area contributed by atoms with Crippen LogP contribution in [-0.4, -0.2) is 24.2 Å². The minimum atomic E-state index is -0.707. The van der Waals surface area contributed by atoms with E-state index in [2.05, 4.69) is 10.3 Å². The van der Waals surface area contributed by atoms with Crippen molar-refractivity contribution in [2.75, 3.05) is 19.0 Å². The molecule has 0 spiro atoms. The summed E-state index contributed by atoms with van der Waals surface area (Å²) in [5, 5.41) is 2.75. The Morgan fingerprint density at radius 2 is 2.13 bits per heavy atom. The van der Waals surface area contributed by atoms with E-state index in [0.29, 0.717) is 6.54 Å². The molecule has 15 heavy (non-hydrogen) atoms. The average Bonchev–Trinajstić information content (AvgIpc) is 2.16. The second kappa shape index (κ2) is 4.53. The molecule has 0 fully saturated rings. The summed E-state index contributed by atoms with van der Waals surface area (Å²) in [7, 11) is 1.57. The summed E-state index contributed by atoms with van der Waals surface area (Å²) in [6.45, 7) is 4.09. The van der Waals surface area contributed by atoms with Gasteiger partial charge in [0, 0.05) is 19.7 Å². The number of hydrogen-bond donors (Lipinski definition) is 1. The van der Waals surface area contributed by atoms with Crippen LogP contribution in [0.3, 0.4) is 0 Å². The van der Waals surface area contributed by atoms with Crippen LogP contribution < -0.4 is 5.32 Å². The van der Waals surface area contributed by atoms with Crippen molar-refractivity contribution in [2.45, 2.75) is 19.4 Å². The first-order chi connectivity index (χ1) is 6.94. The number of nitrogens with zero attached hydrogens (tertiary/aromatic N) is 1. The van der Waals surface area contributed by atoms with Crippen molar-refractivity contribution in [3.8, 4) is 0 Å². The molecule has 1 rings (SSSR count). The first-order valence-corrected chi connectivity index (χ1v) is 4.55. The largest absolute Gasteiger partial charge is 0.377 e. The fourth-order valence-electron chi connectivity index (χ4n) is 0.913. The zero-order valence-corrected chi connectivity index (χ0v) is 8.97. The van der Waals surface area contributed by atoms with E-state index in [1.165, 1.54) is 0 Å². The van der Waals surface area contributed by atoms with Crippen LogP contribution in [0.1, 0.15) is 13.8 Å². The molecule has 3 nitrogen and oxygen atoms in total. The van der Waals surface area contributed by atoms with Crippen LogP contribution in [0.15, 0.2) is 12.3 Å². The van der Waals surface area contributed by atoms with Gasteiger partial charge in [-0.05, 0) is 13.8 Å². The molecular formula is C10H14F2N2O. The number of aromatic nitrogens is 1. The van der Waals surface area contributed by atoms with Crippen molar-refractivity contribution in [1.82, 2.24) is 4.98 Å². The van der Waals surface area contributed by atoms with Gasteiger partial charge in [-0.1, -0.05) is 0 Å². The van der Waals surface area contributed by atoms with E-state index in [4.69, 9.17) is 4.74 Å². The van der Waals surface area contributed by atoms with Gasteiger partial charge in [0.25, 0.3) is 0 Å². The number of hydrogen-bond acceptors (Lipinski definition) is 3. The smallest absolute Gasteiger partial charge is 0.168 e. The molecule has 0 aliphatic carbocycles. The van der Waals surface area contributed by atoms with Crippen LogP contribution in [0.5, 0.6) is 0 Å². The molecule has 0 saturated heterocycles. The first-order valence-electron chi connectivity index (χ1n) is 4.55. The topological polar surface area (TPSA) is 34.1 Å². The van der Waals surface area contributed by atoms with E-state index in [0.717, 1.165) is 12.3 Å². The van der Waals surface area contributed by atoms with Gasteiger partial charge >= 0.3 is 0 Å². The maximum absolute atomic E-state index is 13.1. The fraction of sp³-hybridized carbons (Fsp3) is 0.500. The maximum atomic E-state index is 13.1. The molecule has 0 unspecified atom stereocenters. The lowest BCUT2D eigenvalue weighted by Crippen LogP contribution is -2.32. The second-order valence-electron chi connectivity index (χ2n) is 3.80. The van der Waals surface area contributed by atoms with E-state index in [-0.39, 0.29) is 5.82 Å². The van der Waals surface area contributed by atoms with Crippen molar-refractivity contribution in [3.05, 3.63) is 23.9 Å². The Balaban J connectivity index is 2.66. The highest BCUT2D eigenvalue weighted by molar-refractivity contribution is 5.36. The Kier molecular flexibility index (Phi) is 3.57. The van der Waals surface area contributed by atoms with Crippen LogP contribution in [-0.2, 0) is 4.74 Å². The number of pyridine rings is 1. The van der Waals surface area contributed by atoms with Gasteiger partial charge in [-0.3, -0.25) is 0 Å². The molecule has 1 N–H and O–H groups in total. The summed E-state index contributed by atoms with van der Waals surface area (Å²) in [5.41, 5.74) is -0.428. The maximum Gasteiger partial charge on any atom is 0.168 e. The molecule has 0 saturated carbocycles. The second-order valence-corrected chi connectivity index (χ2v) is 3.80. The molecule has 1 aromatic heterocycles. The Labute approximate surface area is 87.5 Å². The van der Waals surface area contributed by atoms with Crippen LogP contribution in [0, 0.1) is 11.6 Å². The summed E-state index contributed by atoms with van der Waals surface area (Å²) in [5.74, 6) is -1.37. The van der Waals surface area contributed by atoms with Gasteiger partial charge in [0.05, 0.1) is 11.8 Å². The van der Waals surface area contributed by atoms with Gasteiger partial charge in [-0.15, -0.1) is 0 Å². The monoisotopic (exact) mass is 216 g/mol. The third kappa shape index (κ3) is 3.43. The highest BCUT2D eigenvalue weighted by Gasteiger charge is 2.17. The molecule has 0 amide bonds. The van der Waals surface area contributed by atoms with Crippen molar-refractivity contribution in [1.29, 1.82) is 0 Å². The summed E-state index contributed by atoms with van der Waals surface area (Å²) < 4.78 is 30.8. The van der Waals surface area contributed by atoms with Crippen molar-refractivity contribution in [3.63, 3.8) is 0 Å². The number of anilines is 1. The Bertz CT molecular complexity index is 342. The number of methoxy groups -OCH3 is 1. The lowest BCUT2D eigenvalue weighted by Gasteiger charge is -2.23. The Hall–Kier alpha value is -1.23. The van der Waals surface area contributed by atoms with Gasteiger partial charge in [-0.2, -0.15) is 0 Å². The predicted octanol–water partition coefficient (Wildman–Crippen LogP) is 2.20. The lowest BCUT2D eigenvalue weighted by atomic mass is 10.1. The van der Waals surface area contributed by atoms with Crippen LogP contribution in [0.2, 0.25) is 0 Å². The standard InChI is InChI=1S/C10H14F2N2O/c1-10(2,15-3)6-14-9-8(12)4-7(11)5-13-9/h4-5H,6H2,1-3H3,(H,13,14). The van der Waals surface area contributed by atoms with Gasteiger partial charge in [-0.25, -0.2) is 13.8 Å². The zero-order valence-electron chi connectivity index (χ0n) is 8.97. The summed E-state index contributed by atoms with van der Waals surface area (Å²) in [6, 6.07) is 0.787. The predicted molar refractivity (Wildman–Crippen MR) is 53.7 cm³/mol. The summed E-state index contributed by atoms with van der Waals surface area (Å²) in [4.78, 5) is 3.60. The lowest BCUT2D eigenvalue weighted by molar-refractivity contribution is 0.0342. The summed E-state index contributed by atoms with van der Waals surface area (Å²) >= 11 is 0. The Morgan fingerprint density at radius 3 is 2.67 bits per heavy atom. The van der Waals surface area contributed by atoms with Crippen LogP contribution in [0.25, 0.3) is 0 Å². The normalized spacial score (nSPS) is 11.5. The SMILES string of the molecule is COC(C)(C)CNc1ncc(F)cc1F. The third-order valence-electron chi connectivity index (χ3n) is 2.04. The van der Waals surface area contributed by atoms with Gasteiger partial charge in [0.2, 0.25) is 0 Å². The molecule has 1 heterocycles. The molecular weight excluding hydrogens is 202 g/mol. The van der Waals surface area contributed by atoms with E-state index in [1.807, 2.05) is 13.8 Å². The van der Waals surface area contributed by atoms with Crippen molar-refractivity contribution < 1.29 is 13.5 Å². The average molecular weight is 216 g/mol. The van der Waals surface area contributed by atoms with Gasteiger partial charge in [0.1, 0.15) is 5.82 Å². The minimum Gasteiger partial charge on any atom is -0.377 e. The molecule has 0 atom stereocenters. The number of ether oxygens (including phenoxy) is 1. The number of halogens is 2. The van der Waals surface area contributed by atoms with Crippen molar-refractivity contribution >= 4 is 5.82 Å². The van der Waals surface area contributed by atoms with Gasteiger partial charge < -0.3 is 10.1 Å². The molecule has 1 aromatic rings. The number of rotatable bonds is 4. The first kappa shape index (κ1) is 11.8. The van der Waals surface area contributed by atoms with E-state index < -0.39 is 17.2 Å². The highest BCUT2D eigenvalue weighted by Crippen LogP contribution is 2.14. The Morgan fingerprint density at radius 1 is 1.47 bits per heavy atom.